The minimum atomic E-state index is 0. The van der Waals surface area contributed by atoms with E-state index in [2.05, 4.69) is 58.1 Å². The third-order valence-corrected chi connectivity index (χ3v) is 5.48. The minimum Gasteiger partial charge on any atom is -0.493 e. The largest absolute Gasteiger partial charge is 0.493 e. The molecule has 3 rings (SSSR count). The monoisotopic (exact) mass is 449 g/mol. The Kier molecular flexibility index (Phi) is 9.93. The van der Waals surface area contributed by atoms with Crippen molar-refractivity contribution in [3.63, 3.8) is 0 Å². The molecule has 162 valence electrons. The molecule has 3 aromatic rings. The Bertz CT molecular complexity index is 905. The Hall–Kier alpha value is -2.29. The predicted molar refractivity (Wildman–Crippen MR) is 122 cm³/mol. The molecule has 0 bridgehead atoms. The summed E-state index contributed by atoms with van der Waals surface area (Å²) in [6, 6.07) is 14.4. The average molecular weight is 450 g/mol. The number of hydrogen-bond donors (Lipinski definition) is 1. The second kappa shape index (κ2) is 12.4. The topological polar surface area (TPSA) is 74.1 Å². The van der Waals surface area contributed by atoms with Crippen LogP contribution in [0.25, 0.3) is 0 Å². The molecule has 0 aliphatic rings. The fourth-order valence-corrected chi connectivity index (χ4v) is 3.51. The lowest BCUT2D eigenvalue weighted by molar-refractivity contribution is 0.284. The van der Waals surface area contributed by atoms with E-state index in [0.717, 1.165) is 53.0 Å². The zero-order chi connectivity index (χ0) is 20.5. The number of benzene rings is 2. The summed E-state index contributed by atoms with van der Waals surface area (Å²) in [6.07, 6.45) is 1.03. The van der Waals surface area contributed by atoms with Crippen molar-refractivity contribution < 1.29 is 9.47 Å². The van der Waals surface area contributed by atoms with Crippen LogP contribution in [0.2, 0.25) is 0 Å². The van der Waals surface area contributed by atoms with Crippen LogP contribution in [0, 0.1) is 6.92 Å². The zero-order valence-electron chi connectivity index (χ0n) is 17.5. The van der Waals surface area contributed by atoms with E-state index in [1.54, 1.807) is 23.6 Å². The summed E-state index contributed by atoms with van der Waals surface area (Å²) in [6.45, 7) is 4.30. The molecule has 0 spiro atoms. The number of thioether (sulfide) groups is 1. The number of hydrogen-bond acceptors (Lipinski definition) is 7. The smallest absolute Gasteiger partial charge is 0.209 e. The molecule has 0 saturated carbocycles. The number of ether oxygens (including phenoxy) is 2. The van der Waals surface area contributed by atoms with Gasteiger partial charge in [0.15, 0.2) is 11.5 Å². The van der Waals surface area contributed by atoms with Crippen LogP contribution in [0.4, 0.5) is 0 Å². The van der Waals surface area contributed by atoms with Gasteiger partial charge in [-0.15, -0.1) is 17.5 Å². The number of halogens is 1. The molecular weight excluding hydrogens is 422 g/mol. The Morgan fingerprint density at radius 2 is 1.83 bits per heavy atom. The first-order chi connectivity index (χ1) is 14.2. The van der Waals surface area contributed by atoms with Gasteiger partial charge in [0.1, 0.15) is 6.61 Å². The molecule has 0 amide bonds. The summed E-state index contributed by atoms with van der Waals surface area (Å²) < 4.78 is 13.1. The molecule has 1 N–H and O–H groups in total. The van der Waals surface area contributed by atoms with Crippen molar-refractivity contribution in [3.05, 3.63) is 59.2 Å². The zero-order valence-corrected chi connectivity index (χ0v) is 19.1. The van der Waals surface area contributed by atoms with Crippen LogP contribution < -0.4 is 14.8 Å². The first kappa shape index (κ1) is 24.0. The van der Waals surface area contributed by atoms with Gasteiger partial charge in [-0.3, -0.25) is 0 Å². The van der Waals surface area contributed by atoms with E-state index in [0.29, 0.717) is 6.61 Å². The highest BCUT2D eigenvalue weighted by atomic mass is 35.5. The highest BCUT2D eigenvalue weighted by Crippen LogP contribution is 2.29. The lowest BCUT2D eigenvalue weighted by Crippen LogP contribution is -2.15. The predicted octanol–water partition coefficient (Wildman–Crippen LogP) is 3.80. The third-order valence-electron chi connectivity index (χ3n) is 4.38. The van der Waals surface area contributed by atoms with Gasteiger partial charge in [-0.05, 0) is 53.6 Å². The van der Waals surface area contributed by atoms with E-state index >= 15 is 0 Å². The molecule has 30 heavy (non-hydrogen) atoms. The number of aromatic nitrogens is 4. The van der Waals surface area contributed by atoms with E-state index in [9.17, 15) is 0 Å². The van der Waals surface area contributed by atoms with Gasteiger partial charge in [-0.2, -0.15) is 0 Å². The molecular formula is C21H28ClN5O2S. The van der Waals surface area contributed by atoms with Gasteiger partial charge >= 0.3 is 0 Å². The third kappa shape index (κ3) is 7.19. The standard InChI is InChI=1S/C21H27N5O2S.ClH/c1-16-5-7-17(8-6-16)15-28-19-10-9-18(13-20(19)27-3)14-22-11-4-12-29-21-23-24-25-26(21)2;/h5-10,13,22H,4,11-12,14-15H2,1-3H3;1H. The molecule has 9 heteroatoms. The first-order valence-corrected chi connectivity index (χ1v) is 10.6. The van der Waals surface area contributed by atoms with Crippen molar-refractivity contribution in [1.29, 1.82) is 0 Å². The van der Waals surface area contributed by atoms with E-state index < -0.39 is 0 Å². The van der Waals surface area contributed by atoms with Crippen molar-refractivity contribution in [2.45, 2.75) is 31.7 Å². The van der Waals surface area contributed by atoms with E-state index in [1.807, 2.05) is 19.2 Å². The Labute approximate surface area is 188 Å². The van der Waals surface area contributed by atoms with Gasteiger partial charge in [0.25, 0.3) is 0 Å². The number of aryl methyl sites for hydroxylation is 2. The van der Waals surface area contributed by atoms with Crippen LogP contribution in [0.5, 0.6) is 11.5 Å². The lowest BCUT2D eigenvalue weighted by atomic mass is 10.1. The molecule has 0 saturated heterocycles. The number of nitrogens with one attached hydrogen (secondary N) is 1. The summed E-state index contributed by atoms with van der Waals surface area (Å²) in [4.78, 5) is 0. The van der Waals surface area contributed by atoms with Gasteiger partial charge in [0, 0.05) is 19.3 Å². The number of nitrogens with zero attached hydrogens (tertiary/aromatic N) is 4. The highest BCUT2D eigenvalue weighted by molar-refractivity contribution is 7.99. The van der Waals surface area contributed by atoms with Gasteiger partial charge in [-0.25, -0.2) is 4.68 Å². The van der Waals surface area contributed by atoms with Crippen LogP contribution in [0.15, 0.2) is 47.6 Å². The molecule has 0 atom stereocenters. The second-order valence-electron chi connectivity index (χ2n) is 6.72. The summed E-state index contributed by atoms with van der Waals surface area (Å²) in [5, 5.41) is 15.7. The molecule has 0 unspecified atom stereocenters. The highest BCUT2D eigenvalue weighted by Gasteiger charge is 2.07. The lowest BCUT2D eigenvalue weighted by Gasteiger charge is -2.13. The van der Waals surface area contributed by atoms with Gasteiger partial charge in [0.2, 0.25) is 5.16 Å². The molecule has 2 aromatic carbocycles. The summed E-state index contributed by atoms with van der Waals surface area (Å²) in [5.41, 5.74) is 3.54. The first-order valence-electron chi connectivity index (χ1n) is 9.57. The fraction of sp³-hybridized carbons (Fsp3) is 0.381. The summed E-state index contributed by atoms with van der Waals surface area (Å²) in [5.74, 6) is 2.48. The normalized spacial score (nSPS) is 10.5. The molecule has 0 fully saturated rings. The molecule has 1 heterocycles. The van der Waals surface area contributed by atoms with Crippen molar-refractivity contribution in [3.8, 4) is 11.5 Å². The Morgan fingerprint density at radius 1 is 1.07 bits per heavy atom. The molecule has 0 radical (unpaired) electrons. The SMILES string of the molecule is COc1cc(CNCCCSc2nnnn2C)ccc1OCc1ccc(C)cc1.Cl. The van der Waals surface area contributed by atoms with Gasteiger partial charge in [0.05, 0.1) is 7.11 Å². The molecule has 7 nitrogen and oxygen atoms in total. The average Bonchev–Trinajstić information content (AvgIpc) is 3.15. The van der Waals surface area contributed by atoms with Crippen molar-refractivity contribution >= 4 is 24.2 Å². The van der Waals surface area contributed by atoms with E-state index in [1.165, 1.54) is 5.56 Å². The quantitative estimate of drug-likeness (QED) is 0.352. The molecule has 1 aromatic heterocycles. The van der Waals surface area contributed by atoms with Crippen molar-refractivity contribution in [2.75, 3.05) is 19.4 Å². The number of methoxy groups -OCH3 is 1. The minimum absolute atomic E-state index is 0. The van der Waals surface area contributed by atoms with E-state index in [-0.39, 0.29) is 12.4 Å². The fourth-order valence-electron chi connectivity index (χ4n) is 2.72. The Balaban J connectivity index is 0.00000320. The number of rotatable bonds is 11. The van der Waals surface area contributed by atoms with Crippen molar-refractivity contribution in [2.24, 2.45) is 7.05 Å². The van der Waals surface area contributed by atoms with Gasteiger partial charge < -0.3 is 14.8 Å². The van der Waals surface area contributed by atoms with Crippen molar-refractivity contribution in [1.82, 2.24) is 25.5 Å². The molecule has 0 aliphatic carbocycles. The maximum Gasteiger partial charge on any atom is 0.209 e. The number of tetrazole rings is 1. The summed E-state index contributed by atoms with van der Waals surface area (Å²) >= 11 is 1.66. The van der Waals surface area contributed by atoms with Crippen LogP contribution in [-0.4, -0.2) is 39.6 Å². The molecule has 0 aliphatic heterocycles. The van der Waals surface area contributed by atoms with Crippen LogP contribution in [0.1, 0.15) is 23.1 Å². The van der Waals surface area contributed by atoms with E-state index in [4.69, 9.17) is 9.47 Å². The van der Waals surface area contributed by atoms with Crippen LogP contribution in [-0.2, 0) is 20.2 Å². The van der Waals surface area contributed by atoms with Gasteiger partial charge in [-0.1, -0.05) is 47.7 Å². The maximum atomic E-state index is 5.95. The second-order valence-corrected chi connectivity index (χ2v) is 7.79. The Morgan fingerprint density at radius 3 is 2.53 bits per heavy atom. The van der Waals surface area contributed by atoms with Crippen LogP contribution in [0.3, 0.4) is 0 Å². The maximum absolute atomic E-state index is 5.95. The summed E-state index contributed by atoms with van der Waals surface area (Å²) in [7, 11) is 3.52. The van der Waals surface area contributed by atoms with Crippen LogP contribution >= 0.6 is 24.2 Å².